The van der Waals surface area contributed by atoms with Crippen molar-refractivity contribution in [1.29, 1.82) is 0 Å². The molecule has 0 bridgehead atoms. The van der Waals surface area contributed by atoms with Gasteiger partial charge in [0.05, 0.1) is 37.5 Å². The Bertz CT molecular complexity index is 4650. The molecule has 0 unspecified atom stereocenters. The quantitative estimate of drug-likeness (QED) is 0.0269. The maximum atomic E-state index is 14.1. The Morgan fingerprint density at radius 3 is 0.657 bits per heavy atom. The van der Waals surface area contributed by atoms with Crippen molar-refractivity contribution in [2.75, 3.05) is 0 Å². The lowest BCUT2D eigenvalue weighted by atomic mass is 10.0. The zero-order chi connectivity index (χ0) is 110. The van der Waals surface area contributed by atoms with Crippen molar-refractivity contribution in [3.63, 3.8) is 0 Å². The van der Waals surface area contributed by atoms with Crippen LogP contribution in [0, 0.1) is 11.8 Å². The van der Waals surface area contributed by atoms with E-state index in [2.05, 4.69) is 79.8 Å². The smallest absolute Gasteiger partial charge is 0.328 e. The summed E-state index contributed by atoms with van der Waals surface area (Å²) < 4.78 is 0. The number of amides is 27. The fraction of sp³-hybridized carbons (Fsp3) is 0.646. The summed E-state index contributed by atoms with van der Waals surface area (Å²) in [6, 6.07) is -35.1. The first-order chi connectivity index (χ1) is 66.1. The first kappa shape index (κ1) is 128. The van der Waals surface area contributed by atoms with E-state index in [1.165, 1.54) is 20.8 Å². The summed E-state index contributed by atoms with van der Waals surface area (Å²) in [4.78, 5) is 381. The number of aliphatic hydroxyl groups is 2. The minimum atomic E-state index is -2.20. The third-order valence-corrected chi connectivity index (χ3v) is 20.6. The van der Waals surface area contributed by atoms with Crippen LogP contribution < -0.4 is 153 Å². The molecule has 0 heterocycles. The Balaban J connectivity index is 6.67. The van der Waals surface area contributed by atoms with E-state index in [1.54, 1.807) is 13.8 Å². The molecule has 0 aliphatic carbocycles. The fourth-order valence-electron chi connectivity index (χ4n) is 12.5. The Labute approximate surface area is 818 Å². The zero-order valence-corrected chi connectivity index (χ0v) is 81.0. The van der Waals surface area contributed by atoms with Crippen molar-refractivity contribution in [3.05, 3.63) is 0 Å². The highest BCUT2D eigenvalue weighted by atomic mass is 16.4. The monoisotopic (exact) mass is 2040 g/mol. The molecule has 143 heavy (non-hydrogen) atoms. The molecule has 0 saturated heterocycles. The standard InChI is InChI=1S/C82H136N28O33/c1-30(2)26-47(104-63(123)32(5)83)76(136)102-44(17-23-54(87)116)73(133)101-46(19-25-59(121)122)74(134)100-42(15-21-52(85)114)71(131)94-33(6)64(124)92-35(8)66(126)98-41(14-20-51(84)113)70(130)95-37(10)67(127)99-45(18-24-55(88)117)75(135)108-60(31(3)4)80(140)97-34(7)65(125)93-36(9)68(128)105-48(27-56(89)118)77(137)106-49(28-57(90)119)78(138)107-50(29-58(91)120)79(139)109-61(39(12)111)81(141)103-43(16-22-53(86)115)72(132)96-38(11)69(129)110-62(40(13)112)82(142)143/h30-50,60-62,111-112H,14-29,83H2,1-13H3,(H2,84,113)(H2,85,114)(H2,86,115)(H2,87,116)(H2,88,117)(H2,89,118)(H2,90,119)(H2,91,120)(H,92,124)(H,93,125)(H,94,131)(H,95,130)(H,96,132)(H,97,140)(H,98,126)(H,99,127)(H,100,134)(H,101,133)(H,102,136)(H,103,141)(H,104,123)(H,105,128)(H,106,137)(H,107,138)(H,108,135)(H,109,139)(H,110,129)(H,121,122)(H,142,143)/t32-,33-,34-,35-,36-,37-,38-,39+,40+,41-,42-,43-,44-,45-,46-,47-,48-,49-,50-,60-,61-,62-/m0/s1. The topological polar surface area (TPSA) is 1040 Å². The van der Waals surface area contributed by atoms with Crippen LogP contribution in [0.4, 0.5) is 0 Å². The highest BCUT2D eigenvalue weighted by molar-refractivity contribution is 6.04. The van der Waals surface area contributed by atoms with Crippen molar-refractivity contribution in [1.82, 2.24) is 101 Å². The highest BCUT2D eigenvalue weighted by Gasteiger charge is 2.42. The molecule has 0 saturated carbocycles. The van der Waals surface area contributed by atoms with Gasteiger partial charge in [0, 0.05) is 38.5 Å². The Morgan fingerprint density at radius 1 is 0.210 bits per heavy atom. The van der Waals surface area contributed by atoms with Gasteiger partial charge in [0.15, 0.2) is 6.04 Å². The molecule has 0 aromatic heterocycles. The first-order valence-corrected chi connectivity index (χ1v) is 44.7. The number of carbonyl (C=O) groups is 29. The lowest BCUT2D eigenvalue weighted by Gasteiger charge is -2.28. The molecular formula is C82H136N28O33. The summed E-state index contributed by atoms with van der Waals surface area (Å²) in [7, 11) is 0. The predicted octanol–water partition coefficient (Wildman–Crippen LogP) is -17.0. The summed E-state index contributed by atoms with van der Waals surface area (Å²) in [5.74, 6) is -36.3. The van der Waals surface area contributed by atoms with Crippen LogP contribution in [-0.4, -0.2) is 325 Å². The average molecular weight is 2040 g/mol. The van der Waals surface area contributed by atoms with Crippen LogP contribution in [-0.2, 0) is 139 Å². The molecule has 41 N–H and O–H groups in total. The second kappa shape index (κ2) is 62.5. The molecule has 0 aliphatic rings. The number of hydrogen-bond donors (Lipinski definition) is 32. The number of rotatable bonds is 68. The fourth-order valence-corrected chi connectivity index (χ4v) is 12.5. The molecule has 0 aromatic rings. The van der Waals surface area contributed by atoms with E-state index >= 15 is 0 Å². The maximum absolute atomic E-state index is 14.1. The lowest BCUT2D eigenvalue weighted by molar-refractivity contribution is -0.145. The van der Waals surface area contributed by atoms with Gasteiger partial charge in [-0.15, -0.1) is 0 Å². The molecule has 0 aromatic carbocycles. The molecule has 0 fully saturated rings. The number of primary amides is 8. The number of aliphatic hydroxyl groups excluding tert-OH is 2. The van der Waals surface area contributed by atoms with Gasteiger partial charge >= 0.3 is 11.9 Å². The molecule has 0 aliphatic heterocycles. The number of carboxylic acids is 2. The summed E-state index contributed by atoms with van der Waals surface area (Å²) in [6.07, 6.45) is -14.2. The lowest BCUT2D eigenvalue weighted by Crippen LogP contribution is -2.62. The third kappa shape index (κ3) is 49.8. The van der Waals surface area contributed by atoms with Crippen LogP contribution in [0.15, 0.2) is 0 Å². The summed E-state index contributed by atoms with van der Waals surface area (Å²) in [6.45, 7) is 16.0. The summed E-state index contributed by atoms with van der Waals surface area (Å²) in [5.41, 5.74) is 48.5. The van der Waals surface area contributed by atoms with Gasteiger partial charge in [-0.1, -0.05) is 27.7 Å². The molecule has 0 spiro atoms. The van der Waals surface area contributed by atoms with Crippen molar-refractivity contribution in [2.24, 2.45) is 63.4 Å². The SMILES string of the molecule is CC(C)C[C@H](NC(=O)[C@H](C)N)C(=O)N[C@@H](CCC(N)=O)C(=O)N[C@@H](CCC(=O)O)C(=O)N[C@@H](CCC(N)=O)C(=O)N[C@@H](C)C(=O)N[C@@H](C)C(=O)N[C@@H](CCC(N)=O)C(=O)N[C@@H](C)C(=O)N[C@@H](CCC(N)=O)C(=O)N[C@H](C(=O)N[C@@H](C)C(=O)N[C@@H](C)C(=O)N[C@@H](CC(N)=O)C(=O)N[C@@H](CC(N)=O)C(=O)N[C@@H](CC(N)=O)C(=O)N[C@H](C(=O)N[C@@H](CCC(N)=O)C(=O)N[C@@H](C)C(=O)N[C@H](C(=O)O)[C@@H](C)O)[C@@H](C)O)C(C)C. The third-order valence-electron chi connectivity index (χ3n) is 20.6. The van der Waals surface area contributed by atoms with Crippen molar-refractivity contribution < 1.29 is 159 Å². The van der Waals surface area contributed by atoms with E-state index < -0.39 is 407 Å². The van der Waals surface area contributed by atoms with Crippen molar-refractivity contribution in [3.8, 4) is 0 Å². The van der Waals surface area contributed by atoms with Crippen LogP contribution in [0.25, 0.3) is 0 Å². The number of aliphatic carboxylic acids is 2. The predicted molar refractivity (Wildman–Crippen MR) is 490 cm³/mol. The van der Waals surface area contributed by atoms with Gasteiger partial charge in [0.2, 0.25) is 159 Å². The van der Waals surface area contributed by atoms with Crippen LogP contribution in [0.1, 0.15) is 193 Å². The molecule has 61 nitrogen and oxygen atoms in total. The number of nitrogens with one attached hydrogen (secondary N) is 19. The van der Waals surface area contributed by atoms with E-state index in [0.717, 1.165) is 55.4 Å². The molecular weight excluding hydrogens is 1910 g/mol. The minimum absolute atomic E-state index is 0.0253. The molecule has 802 valence electrons. The van der Waals surface area contributed by atoms with Crippen LogP contribution in [0.2, 0.25) is 0 Å². The molecule has 27 amide bonds. The molecule has 61 heteroatoms. The van der Waals surface area contributed by atoms with Gasteiger partial charge in [-0.2, -0.15) is 0 Å². The summed E-state index contributed by atoms with van der Waals surface area (Å²) >= 11 is 0. The zero-order valence-electron chi connectivity index (χ0n) is 81.0. The van der Waals surface area contributed by atoms with Crippen molar-refractivity contribution in [2.45, 2.75) is 326 Å². The second-order valence-corrected chi connectivity index (χ2v) is 34.4. The number of nitrogens with two attached hydrogens (primary N) is 9. The van der Waals surface area contributed by atoms with Crippen molar-refractivity contribution >= 4 is 171 Å². The van der Waals surface area contributed by atoms with E-state index in [4.69, 9.17) is 51.6 Å². The summed E-state index contributed by atoms with van der Waals surface area (Å²) in [5, 5.41) is 81.4. The van der Waals surface area contributed by atoms with E-state index in [-0.39, 0.29) is 12.3 Å². The number of carboxylic acid groups (broad SMARTS) is 2. The van der Waals surface area contributed by atoms with E-state index in [9.17, 15) is 159 Å². The highest BCUT2D eigenvalue weighted by Crippen LogP contribution is 2.14. The normalized spacial score (nSPS) is 15.6. The van der Waals surface area contributed by atoms with Gasteiger partial charge in [-0.05, 0) is 119 Å². The Kier molecular flexibility index (Phi) is 55.8. The van der Waals surface area contributed by atoms with Crippen LogP contribution >= 0.6 is 0 Å². The Hall–Kier alpha value is -15.5. The van der Waals surface area contributed by atoms with Gasteiger partial charge in [-0.25, -0.2) is 4.79 Å². The largest absolute Gasteiger partial charge is 0.481 e. The van der Waals surface area contributed by atoms with Gasteiger partial charge in [0.1, 0.15) is 109 Å². The van der Waals surface area contributed by atoms with Gasteiger partial charge < -0.3 is 173 Å². The first-order valence-electron chi connectivity index (χ1n) is 44.7. The van der Waals surface area contributed by atoms with Gasteiger partial charge in [-0.3, -0.25) is 134 Å². The molecule has 22 atom stereocenters. The van der Waals surface area contributed by atoms with E-state index in [1.807, 2.05) is 21.3 Å². The maximum Gasteiger partial charge on any atom is 0.328 e. The number of hydrogen-bond acceptors (Lipinski definition) is 32. The van der Waals surface area contributed by atoms with Crippen LogP contribution in [0.5, 0.6) is 0 Å². The van der Waals surface area contributed by atoms with Gasteiger partial charge in [0.25, 0.3) is 0 Å². The van der Waals surface area contributed by atoms with Crippen LogP contribution in [0.3, 0.4) is 0 Å². The number of carbonyl (C=O) groups excluding carboxylic acids is 27. The average Bonchev–Trinajstić information content (AvgIpc) is 0.893. The molecule has 0 radical (unpaired) electrons. The second-order valence-electron chi connectivity index (χ2n) is 34.4. The molecule has 0 rings (SSSR count). The minimum Gasteiger partial charge on any atom is -0.481 e. The van der Waals surface area contributed by atoms with E-state index in [0.29, 0.717) is 0 Å². The Morgan fingerprint density at radius 2 is 0.399 bits per heavy atom.